The van der Waals surface area contributed by atoms with E-state index in [1.54, 1.807) is 0 Å². The van der Waals surface area contributed by atoms with Gasteiger partial charge >= 0.3 is 5.97 Å². The van der Waals surface area contributed by atoms with Crippen molar-refractivity contribution in [2.45, 2.75) is 51.6 Å². The maximum atomic E-state index is 11.9. The molecule has 3 nitrogen and oxygen atoms in total. The van der Waals surface area contributed by atoms with Crippen LogP contribution in [0.2, 0.25) is 0 Å². The molecule has 2 unspecified atom stereocenters. The van der Waals surface area contributed by atoms with E-state index in [0.717, 1.165) is 24.3 Å². The minimum atomic E-state index is -0.132. The van der Waals surface area contributed by atoms with Gasteiger partial charge in [-0.2, -0.15) is 0 Å². The van der Waals surface area contributed by atoms with E-state index >= 15 is 0 Å². The largest absolute Gasteiger partial charge is 0.462 e. The van der Waals surface area contributed by atoms with Gasteiger partial charge in [-0.1, -0.05) is 31.9 Å². The van der Waals surface area contributed by atoms with Gasteiger partial charge in [-0.15, -0.1) is 0 Å². The molecular formula is C16H23NO2. The third-order valence-electron chi connectivity index (χ3n) is 3.91. The van der Waals surface area contributed by atoms with Crippen LogP contribution < -0.4 is 5.73 Å². The molecular weight excluding hydrogens is 238 g/mol. The topological polar surface area (TPSA) is 52.3 Å². The molecule has 2 atom stereocenters. The first-order valence-electron chi connectivity index (χ1n) is 7.21. The summed E-state index contributed by atoms with van der Waals surface area (Å²) < 4.78 is 5.59. The third-order valence-corrected chi connectivity index (χ3v) is 3.91. The maximum absolute atomic E-state index is 11.9. The Labute approximate surface area is 115 Å². The molecule has 1 aliphatic rings. The van der Waals surface area contributed by atoms with Crippen molar-refractivity contribution in [2.75, 3.05) is 5.73 Å². The van der Waals surface area contributed by atoms with Crippen LogP contribution in [0, 0.1) is 5.92 Å². The van der Waals surface area contributed by atoms with Gasteiger partial charge in [0.15, 0.2) is 0 Å². The van der Waals surface area contributed by atoms with Gasteiger partial charge < -0.3 is 10.5 Å². The fourth-order valence-corrected chi connectivity index (χ4v) is 2.82. The predicted molar refractivity (Wildman–Crippen MR) is 76.7 cm³/mol. The highest BCUT2D eigenvalue weighted by atomic mass is 16.5. The molecule has 0 aliphatic heterocycles. The van der Waals surface area contributed by atoms with Gasteiger partial charge in [-0.05, 0) is 42.9 Å². The lowest BCUT2D eigenvalue weighted by molar-refractivity contribution is -0.150. The second-order valence-corrected chi connectivity index (χ2v) is 5.47. The summed E-state index contributed by atoms with van der Waals surface area (Å²) in [5.41, 5.74) is 7.32. The van der Waals surface area contributed by atoms with Crippen LogP contribution in [-0.2, 0) is 16.0 Å². The number of ether oxygens (including phenoxy) is 1. The van der Waals surface area contributed by atoms with Crippen LogP contribution >= 0.6 is 0 Å². The van der Waals surface area contributed by atoms with Crippen molar-refractivity contribution in [1.82, 2.24) is 0 Å². The molecule has 1 fully saturated rings. The zero-order valence-corrected chi connectivity index (χ0v) is 11.6. The molecule has 19 heavy (non-hydrogen) atoms. The molecule has 0 saturated heterocycles. The third kappa shape index (κ3) is 4.27. The van der Waals surface area contributed by atoms with Crippen molar-refractivity contribution < 1.29 is 9.53 Å². The summed E-state index contributed by atoms with van der Waals surface area (Å²) in [6, 6.07) is 7.43. The SMILES string of the molecule is CCC1CCCC(OC(=O)Cc2cccc(N)c2)C1. The van der Waals surface area contributed by atoms with E-state index < -0.39 is 0 Å². The van der Waals surface area contributed by atoms with Gasteiger partial charge in [0.2, 0.25) is 0 Å². The minimum absolute atomic E-state index is 0.118. The zero-order chi connectivity index (χ0) is 13.7. The zero-order valence-electron chi connectivity index (χ0n) is 11.6. The van der Waals surface area contributed by atoms with E-state index in [1.165, 1.54) is 19.3 Å². The Kier molecular flexibility index (Phi) is 4.83. The average Bonchev–Trinajstić information content (AvgIpc) is 2.38. The van der Waals surface area contributed by atoms with Crippen LogP contribution in [-0.4, -0.2) is 12.1 Å². The van der Waals surface area contributed by atoms with Crippen molar-refractivity contribution in [3.63, 3.8) is 0 Å². The normalized spacial score (nSPS) is 23.0. The second-order valence-electron chi connectivity index (χ2n) is 5.47. The van der Waals surface area contributed by atoms with Gasteiger partial charge in [0.05, 0.1) is 6.42 Å². The lowest BCUT2D eigenvalue weighted by Crippen LogP contribution is -2.26. The van der Waals surface area contributed by atoms with Crippen molar-refractivity contribution in [1.29, 1.82) is 0 Å². The fourth-order valence-electron chi connectivity index (χ4n) is 2.82. The van der Waals surface area contributed by atoms with Crippen molar-refractivity contribution >= 4 is 11.7 Å². The van der Waals surface area contributed by atoms with E-state index in [1.807, 2.05) is 24.3 Å². The Bertz CT molecular complexity index is 431. The lowest BCUT2D eigenvalue weighted by atomic mass is 9.85. The van der Waals surface area contributed by atoms with Crippen LogP contribution in [0.4, 0.5) is 5.69 Å². The molecule has 0 bridgehead atoms. The predicted octanol–water partition coefficient (Wildman–Crippen LogP) is 3.32. The Morgan fingerprint density at radius 2 is 2.26 bits per heavy atom. The minimum Gasteiger partial charge on any atom is -0.462 e. The molecule has 2 rings (SSSR count). The molecule has 104 valence electrons. The van der Waals surface area contributed by atoms with Crippen LogP contribution in [0.15, 0.2) is 24.3 Å². The number of carbonyl (C=O) groups excluding carboxylic acids is 1. The maximum Gasteiger partial charge on any atom is 0.310 e. The highest BCUT2D eigenvalue weighted by Gasteiger charge is 2.23. The van der Waals surface area contributed by atoms with Gasteiger partial charge in [0.25, 0.3) is 0 Å². The number of hydrogen-bond acceptors (Lipinski definition) is 3. The molecule has 0 aromatic heterocycles. The quantitative estimate of drug-likeness (QED) is 0.668. The molecule has 1 aliphatic carbocycles. The Morgan fingerprint density at radius 1 is 1.42 bits per heavy atom. The summed E-state index contributed by atoms with van der Waals surface area (Å²) in [5.74, 6) is 0.589. The van der Waals surface area contributed by atoms with Crippen LogP contribution in [0.5, 0.6) is 0 Å². The van der Waals surface area contributed by atoms with Gasteiger partial charge in [-0.3, -0.25) is 4.79 Å². The Balaban J connectivity index is 1.84. The fraction of sp³-hybridized carbons (Fsp3) is 0.562. The highest BCUT2D eigenvalue weighted by molar-refractivity contribution is 5.73. The summed E-state index contributed by atoms with van der Waals surface area (Å²) in [6.45, 7) is 2.21. The number of hydrogen-bond donors (Lipinski definition) is 1. The van der Waals surface area contributed by atoms with E-state index in [-0.39, 0.29) is 12.1 Å². The van der Waals surface area contributed by atoms with Crippen LogP contribution in [0.25, 0.3) is 0 Å². The summed E-state index contributed by atoms with van der Waals surface area (Å²) in [4.78, 5) is 11.9. The number of nitrogens with two attached hydrogens (primary N) is 1. The smallest absolute Gasteiger partial charge is 0.310 e. The number of anilines is 1. The molecule has 1 aromatic rings. The first-order valence-corrected chi connectivity index (χ1v) is 7.21. The molecule has 1 saturated carbocycles. The molecule has 3 heteroatoms. The summed E-state index contributed by atoms with van der Waals surface area (Å²) in [5, 5.41) is 0. The lowest BCUT2D eigenvalue weighted by Gasteiger charge is -2.28. The van der Waals surface area contributed by atoms with E-state index in [0.29, 0.717) is 12.1 Å². The number of rotatable bonds is 4. The van der Waals surface area contributed by atoms with Crippen molar-refractivity contribution in [3.8, 4) is 0 Å². The molecule has 1 aromatic carbocycles. The molecule has 0 heterocycles. The number of nitrogen functional groups attached to an aromatic ring is 1. The van der Waals surface area contributed by atoms with Crippen LogP contribution in [0.1, 0.15) is 44.6 Å². The van der Waals surface area contributed by atoms with E-state index in [2.05, 4.69) is 6.92 Å². The first kappa shape index (κ1) is 13.9. The highest BCUT2D eigenvalue weighted by Crippen LogP contribution is 2.28. The second kappa shape index (κ2) is 6.60. The van der Waals surface area contributed by atoms with Crippen molar-refractivity contribution in [2.24, 2.45) is 5.92 Å². The monoisotopic (exact) mass is 261 g/mol. The molecule has 2 N–H and O–H groups in total. The van der Waals surface area contributed by atoms with Crippen LogP contribution in [0.3, 0.4) is 0 Å². The Morgan fingerprint density at radius 3 is 3.00 bits per heavy atom. The number of esters is 1. The summed E-state index contributed by atoms with van der Waals surface area (Å²) >= 11 is 0. The standard InChI is InChI=1S/C16H23NO2/c1-2-12-5-4-8-15(10-12)19-16(18)11-13-6-3-7-14(17)9-13/h3,6-7,9,12,15H,2,4-5,8,10-11,17H2,1H3. The van der Waals surface area contributed by atoms with Crippen molar-refractivity contribution in [3.05, 3.63) is 29.8 Å². The number of carbonyl (C=O) groups is 1. The Hall–Kier alpha value is -1.51. The van der Waals surface area contributed by atoms with E-state index in [9.17, 15) is 4.79 Å². The van der Waals surface area contributed by atoms with Gasteiger partial charge in [0, 0.05) is 5.69 Å². The molecule has 0 spiro atoms. The summed E-state index contributed by atoms with van der Waals surface area (Å²) in [7, 11) is 0. The summed E-state index contributed by atoms with van der Waals surface area (Å²) in [6.07, 6.45) is 6.11. The van der Waals surface area contributed by atoms with E-state index in [4.69, 9.17) is 10.5 Å². The number of benzene rings is 1. The molecule has 0 radical (unpaired) electrons. The van der Waals surface area contributed by atoms with Gasteiger partial charge in [0.1, 0.15) is 6.10 Å². The average molecular weight is 261 g/mol. The van der Waals surface area contributed by atoms with Gasteiger partial charge in [-0.25, -0.2) is 0 Å². The molecule has 0 amide bonds. The first-order chi connectivity index (χ1) is 9.17.